The number of aromatic nitrogens is 2. The minimum Gasteiger partial charge on any atom is -0.355 e. The number of hydrogen-bond donors (Lipinski definition) is 0. The van der Waals surface area contributed by atoms with Crippen LogP contribution in [0.5, 0.6) is 0 Å². The number of halogens is 2. The predicted molar refractivity (Wildman–Crippen MR) is 75.9 cm³/mol. The summed E-state index contributed by atoms with van der Waals surface area (Å²) < 4.78 is 1.14. The molecule has 0 aromatic carbocycles. The fourth-order valence-electron chi connectivity index (χ4n) is 1.58. The molecule has 0 unspecified atom stereocenters. The van der Waals surface area contributed by atoms with Gasteiger partial charge in [-0.1, -0.05) is 11.6 Å². The molecule has 0 aliphatic rings. The SMILES string of the molecule is Cc1c(Cl)ncnc1N(C)Cc1csc(Br)c1. The van der Waals surface area contributed by atoms with Gasteiger partial charge in [-0.25, -0.2) is 9.97 Å². The second kappa shape index (κ2) is 5.33. The summed E-state index contributed by atoms with van der Waals surface area (Å²) in [5.74, 6) is 0.868. The van der Waals surface area contributed by atoms with Crippen molar-refractivity contribution < 1.29 is 0 Å². The molecule has 0 saturated carbocycles. The molecule has 0 atom stereocenters. The average molecular weight is 333 g/mol. The maximum atomic E-state index is 5.98. The molecule has 0 amide bonds. The molecule has 2 aromatic rings. The first-order valence-electron chi connectivity index (χ1n) is 4.99. The second-order valence-electron chi connectivity index (χ2n) is 3.73. The summed E-state index contributed by atoms with van der Waals surface area (Å²) in [6.07, 6.45) is 1.49. The Balaban J connectivity index is 2.20. The van der Waals surface area contributed by atoms with E-state index in [1.54, 1.807) is 11.3 Å². The molecular formula is C11H11BrClN3S. The summed E-state index contributed by atoms with van der Waals surface area (Å²) in [4.78, 5) is 10.3. The summed E-state index contributed by atoms with van der Waals surface area (Å²) in [7, 11) is 2.00. The van der Waals surface area contributed by atoms with Crippen molar-refractivity contribution in [3.8, 4) is 0 Å². The maximum Gasteiger partial charge on any atom is 0.137 e. The highest BCUT2D eigenvalue weighted by atomic mass is 79.9. The highest BCUT2D eigenvalue weighted by Crippen LogP contribution is 2.25. The van der Waals surface area contributed by atoms with Crippen LogP contribution in [-0.4, -0.2) is 17.0 Å². The normalized spacial score (nSPS) is 10.6. The van der Waals surface area contributed by atoms with Crippen LogP contribution in [0.15, 0.2) is 21.6 Å². The van der Waals surface area contributed by atoms with Crippen molar-refractivity contribution in [2.24, 2.45) is 0 Å². The molecule has 17 heavy (non-hydrogen) atoms. The molecule has 2 rings (SSSR count). The molecule has 0 aliphatic heterocycles. The lowest BCUT2D eigenvalue weighted by atomic mass is 10.3. The Morgan fingerprint density at radius 3 is 2.88 bits per heavy atom. The van der Waals surface area contributed by atoms with Gasteiger partial charge in [-0.15, -0.1) is 11.3 Å². The van der Waals surface area contributed by atoms with Crippen LogP contribution in [-0.2, 0) is 6.54 Å². The molecule has 2 heterocycles. The van der Waals surface area contributed by atoms with Crippen LogP contribution in [0.25, 0.3) is 0 Å². The van der Waals surface area contributed by atoms with Crippen LogP contribution >= 0.6 is 38.9 Å². The zero-order valence-corrected chi connectivity index (χ0v) is 12.6. The van der Waals surface area contributed by atoms with E-state index < -0.39 is 0 Å². The topological polar surface area (TPSA) is 29.0 Å². The van der Waals surface area contributed by atoms with Crippen LogP contribution in [0.2, 0.25) is 5.15 Å². The smallest absolute Gasteiger partial charge is 0.137 e. The van der Waals surface area contributed by atoms with Gasteiger partial charge in [-0.05, 0) is 39.9 Å². The summed E-state index contributed by atoms with van der Waals surface area (Å²) in [5, 5.41) is 2.63. The highest BCUT2D eigenvalue weighted by Gasteiger charge is 2.10. The van der Waals surface area contributed by atoms with Crippen molar-refractivity contribution in [1.82, 2.24) is 9.97 Å². The Morgan fingerprint density at radius 1 is 1.47 bits per heavy atom. The molecule has 0 aliphatic carbocycles. The molecule has 90 valence electrons. The van der Waals surface area contributed by atoms with Crippen molar-refractivity contribution in [3.63, 3.8) is 0 Å². The lowest BCUT2D eigenvalue weighted by Gasteiger charge is -2.19. The molecule has 0 bridgehead atoms. The van der Waals surface area contributed by atoms with Gasteiger partial charge in [0.2, 0.25) is 0 Å². The number of nitrogens with zero attached hydrogens (tertiary/aromatic N) is 3. The fraction of sp³-hybridized carbons (Fsp3) is 0.273. The second-order valence-corrected chi connectivity index (χ2v) is 6.38. The van der Waals surface area contributed by atoms with Gasteiger partial charge in [0.05, 0.1) is 3.79 Å². The largest absolute Gasteiger partial charge is 0.355 e. The van der Waals surface area contributed by atoms with Gasteiger partial charge >= 0.3 is 0 Å². The predicted octanol–water partition coefficient (Wildman–Crippen LogP) is 3.90. The summed E-state index contributed by atoms with van der Waals surface area (Å²) in [6.45, 7) is 2.73. The van der Waals surface area contributed by atoms with Gasteiger partial charge < -0.3 is 4.90 Å². The van der Waals surface area contributed by atoms with Crippen molar-refractivity contribution in [2.45, 2.75) is 13.5 Å². The first-order chi connectivity index (χ1) is 8.08. The zero-order chi connectivity index (χ0) is 12.4. The summed E-state index contributed by atoms with van der Waals surface area (Å²) in [6, 6.07) is 2.11. The lowest BCUT2D eigenvalue weighted by molar-refractivity contribution is 0.885. The van der Waals surface area contributed by atoms with Crippen LogP contribution in [0, 0.1) is 6.92 Å². The Morgan fingerprint density at radius 2 is 2.24 bits per heavy atom. The van der Waals surface area contributed by atoms with E-state index in [0.29, 0.717) is 5.15 Å². The molecule has 2 aromatic heterocycles. The number of anilines is 1. The van der Waals surface area contributed by atoms with Crippen LogP contribution in [0.1, 0.15) is 11.1 Å². The summed E-state index contributed by atoms with van der Waals surface area (Å²) in [5.41, 5.74) is 2.16. The van der Waals surface area contributed by atoms with Crippen molar-refractivity contribution in [2.75, 3.05) is 11.9 Å². The summed E-state index contributed by atoms with van der Waals surface area (Å²) >= 11 is 11.1. The van der Waals surface area contributed by atoms with Gasteiger partial charge in [-0.3, -0.25) is 0 Å². The monoisotopic (exact) mass is 331 g/mol. The Kier molecular flexibility index (Phi) is 4.01. The molecule has 0 radical (unpaired) electrons. The molecule has 6 heteroatoms. The third-order valence-corrected chi connectivity index (χ3v) is 4.33. The van der Waals surface area contributed by atoms with Crippen LogP contribution < -0.4 is 4.90 Å². The first kappa shape index (κ1) is 12.8. The van der Waals surface area contributed by atoms with Gasteiger partial charge in [0, 0.05) is 19.2 Å². The third-order valence-electron chi connectivity index (χ3n) is 2.40. The lowest BCUT2D eigenvalue weighted by Crippen LogP contribution is -2.18. The standard InChI is InChI=1S/C11H11BrClN3S/c1-7-10(13)14-6-15-11(7)16(2)4-8-3-9(12)17-5-8/h3,5-6H,4H2,1-2H3. The van der Waals surface area contributed by atoms with E-state index in [1.807, 2.05) is 14.0 Å². The fourth-order valence-corrected chi connectivity index (χ4v) is 2.91. The van der Waals surface area contributed by atoms with E-state index in [1.165, 1.54) is 11.9 Å². The maximum absolute atomic E-state index is 5.98. The zero-order valence-electron chi connectivity index (χ0n) is 9.44. The van der Waals surface area contributed by atoms with Crippen LogP contribution in [0.3, 0.4) is 0 Å². The van der Waals surface area contributed by atoms with Crippen molar-refractivity contribution >= 4 is 44.7 Å². The van der Waals surface area contributed by atoms with Gasteiger partial charge in [0.1, 0.15) is 17.3 Å². The minimum absolute atomic E-state index is 0.508. The van der Waals surface area contributed by atoms with Gasteiger partial charge in [0.15, 0.2) is 0 Å². The number of rotatable bonds is 3. The van der Waals surface area contributed by atoms with Crippen molar-refractivity contribution in [3.05, 3.63) is 37.8 Å². The van der Waals surface area contributed by atoms with E-state index in [-0.39, 0.29) is 0 Å². The Hall–Kier alpha value is -0.650. The number of thiophene rings is 1. The minimum atomic E-state index is 0.508. The molecule has 0 saturated heterocycles. The average Bonchev–Trinajstić information content (AvgIpc) is 2.68. The molecule has 0 spiro atoms. The Bertz CT molecular complexity index is 529. The molecular weight excluding hydrogens is 322 g/mol. The molecule has 0 fully saturated rings. The highest BCUT2D eigenvalue weighted by molar-refractivity contribution is 9.11. The van der Waals surface area contributed by atoms with Crippen molar-refractivity contribution in [1.29, 1.82) is 0 Å². The third kappa shape index (κ3) is 2.97. The van der Waals surface area contributed by atoms with E-state index in [4.69, 9.17) is 11.6 Å². The van der Waals surface area contributed by atoms with Crippen LogP contribution in [0.4, 0.5) is 5.82 Å². The quantitative estimate of drug-likeness (QED) is 0.798. The van der Waals surface area contributed by atoms with E-state index in [2.05, 4.69) is 42.2 Å². The molecule has 3 nitrogen and oxygen atoms in total. The van der Waals surface area contributed by atoms with E-state index in [0.717, 1.165) is 21.7 Å². The number of hydrogen-bond acceptors (Lipinski definition) is 4. The Labute approximate surface area is 118 Å². The van der Waals surface area contributed by atoms with E-state index >= 15 is 0 Å². The van der Waals surface area contributed by atoms with Gasteiger partial charge in [0.25, 0.3) is 0 Å². The first-order valence-corrected chi connectivity index (χ1v) is 7.04. The van der Waals surface area contributed by atoms with E-state index in [9.17, 15) is 0 Å². The van der Waals surface area contributed by atoms with Gasteiger partial charge in [-0.2, -0.15) is 0 Å². The molecule has 0 N–H and O–H groups in total.